The number of carbonyl (C=O) groups is 1. The molecular weight excluding hydrogens is 416 g/mol. The number of aromatic amines is 1. The molecule has 2 aromatic heterocycles. The SMILES string of the molecule is O=C(c1ccc(Oc2ccccc2)cc1Cl)c1c[nH]c2ncnc(NC3CCOC3)c12. The van der Waals surface area contributed by atoms with Crippen molar-refractivity contribution in [2.75, 3.05) is 18.5 Å². The van der Waals surface area contributed by atoms with Crippen LogP contribution < -0.4 is 10.1 Å². The average molecular weight is 435 g/mol. The van der Waals surface area contributed by atoms with Gasteiger partial charge in [-0.1, -0.05) is 29.8 Å². The van der Waals surface area contributed by atoms with E-state index in [1.165, 1.54) is 6.33 Å². The van der Waals surface area contributed by atoms with Crippen molar-refractivity contribution in [1.82, 2.24) is 15.0 Å². The van der Waals surface area contributed by atoms with E-state index < -0.39 is 0 Å². The van der Waals surface area contributed by atoms with E-state index in [2.05, 4.69) is 20.3 Å². The molecule has 4 aromatic rings. The molecule has 0 bridgehead atoms. The summed E-state index contributed by atoms with van der Waals surface area (Å²) >= 11 is 6.46. The van der Waals surface area contributed by atoms with Crippen LogP contribution in [0.15, 0.2) is 61.1 Å². The maximum absolute atomic E-state index is 13.3. The number of fused-ring (bicyclic) bond motifs is 1. The normalized spacial score (nSPS) is 15.8. The minimum Gasteiger partial charge on any atom is -0.457 e. The lowest BCUT2D eigenvalue weighted by Gasteiger charge is -2.13. The summed E-state index contributed by atoms with van der Waals surface area (Å²) in [4.78, 5) is 25.0. The van der Waals surface area contributed by atoms with E-state index in [0.717, 1.165) is 6.42 Å². The van der Waals surface area contributed by atoms with Crippen molar-refractivity contribution >= 4 is 34.2 Å². The fourth-order valence-corrected chi connectivity index (χ4v) is 3.86. The van der Waals surface area contributed by atoms with Crippen molar-refractivity contribution in [2.45, 2.75) is 12.5 Å². The Morgan fingerprint density at radius 2 is 2.00 bits per heavy atom. The number of hydrogen-bond donors (Lipinski definition) is 2. The first-order valence-corrected chi connectivity index (χ1v) is 10.3. The summed E-state index contributed by atoms with van der Waals surface area (Å²) in [5, 5.41) is 4.31. The number of aromatic nitrogens is 3. The summed E-state index contributed by atoms with van der Waals surface area (Å²) in [7, 11) is 0. The van der Waals surface area contributed by atoms with Gasteiger partial charge in [0.1, 0.15) is 29.3 Å². The van der Waals surface area contributed by atoms with Crippen molar-refractivity contribution in [1.29, 1.82) is 0 Å². The lowest BCUT2D eigenvalue weighted by Crippen LogP contribution is -2.20. The Bertz CT molecular complexity index is 1240. The molecule has 31 heavy (non-hydrogen) atoms. The Kier molecular flexibility index (Phi) is 5.28. The number of ether oxygens (including phenoxy) is 2. The molecule has 1 atom stereocenters. The zero-order valence-electron chi connectivity index (χ0n) is 16.5. The number of H-pyrrole nitrogens is 1. The first kappa shape index (κ1) is 19.5. The van der Waals surface area contributed by atoms with Crippen LogP contribution in [-0.4, -0.2) is 40.0 Å². The lowest BCUT2D eigenvalue weighted by molar-refractivity contribution is 0.104. The molecule has 3 heterocycles. The third-order valence-corrected chi connectivity index (χ3v) is 5.46. The monoisotopic (exact) mass is 434 g/mol. The largest absolute Gasteiger partial charge is 0.457 e. The number of anilines is 1. The van der Waals surface area contributed by atoms with Gasteiger partial charge >= 0.3 is 0 Å². The first-order chi connectivity index (χ1) is 15.2. The molecule has 156 valence electrons. The van der Waals surface area contributed by atoms with Gasteiger partial charge in [0, 0.05) is 24.4 Å². The van der Waals surface area contributed by atoms with Gasteiger partial charge in [0.2, 0.25) is 0 Å². The molecule has 7 nitrogen and oxygen atoms in total. The fourth-order valence-electron chi connectivity index (χ4n) is 3.61. The van der Waals surface area contributed by atoms with Gasteiger partial charge in [-0.15, -0.1) is 0 Å². The van der Waals surface area contributed by atoms with Gasteiger partial charge in [-0.05, 0) is 30.7 Å². The molecule has 0 saturated carbocycles. The third kappa shape index (κ3) is 3.97. The van der Waals surface area contributed by atoms with Gasteiger partial charge in [0.05, 0.1) is 28.6 Å². The lowest BCUT2D eigenvalue weighted by atomic mass is 10.0. The molecule has 2 aromatic carbocycles. The first-order valence-electron chi connectivity index (χ1n) is 9.92. The third-order valence-electron chi connectivity index (χ3n) is 5.15. The standard InChI is InChI=1S/C23H19ClN4O3/c24-19-10-16(31-15-4-2-1-3-5-15)6-7-17(19)21(29)18-11-25-22-20(18)23(27-13-26-22)28-14-8-9-30-12-14/h1-7,10-11,13-14H,8-9,12H2,(H2,25,26,27,28). The van der Waals surface area contributed by atoms with E-state index >= 15 is 0 Å². The maximum atomic E-state index is 13.3. The second-order valence-electron chi connectivity index (χ2n) is 7.24. The van der Waals surface area contributed by atoms with Crippen molar-refractivity contribution in [2.24, 2.45) is 0 Å². The van der Waals surface area contributed by atoms with Gasteiger partial charge in [0.25, 0.3) is 0 Å². The Morgan fingerprint density at radius 3 is 2.77 bits per heavy atom. The van der Waals surface area contributed by atoms with Crippen molar-refractivity contribution < 1.29 is 14.3 Å². The number of benzene rings is 2. The second kappa shape index (κ2) is 8.37. The number of hydrogen-bond acceptors (Lipinski definition) is 6. The number of halogens is 1. The topological polar surface area (TPSA) is 89.1 Å². The number of ketones is 1. The maximum Gasteiger partial charge on any atom is 0.196 e. The van der Waals surface area contributed by atoms with Crippen LogP contribution in [0.1, 0.15) is 22.3 Å². The van der Waals surface area contributed by atoms with E-state index in [9.17, 15) is 4.79 Å². The highest BCUT2D eigenvalue weighted by atomic mass is 35.5. The smallest absolute Gasteiger partial charge is 0.196 e. The van der Waals surface area contributed by atoms with Crippen LogP contribution in [0.4, 0.5) is 5.82 Å². The minimum atomic E-state index is -0.219. The van der Waals surface area contributed by atoms with E-state index in [1.807, 2.05) is 30.3 Å². The number of rotatable bonds is 6. The van der Waals surface area contributed by atoms with Gasteiger partial charge in [-0.2, -0.15) is 0 Å². The molecule has 1 aliphatic heterocycles. The van der Waals surface area contributed by atoms with Gasteiger partial charge < -0.3 is 19.8 Å². The average Bonchev–Trinajstić information content (AvgIpc) is 3.44. The van der Waals surface area contributed by atoms with E-state index in [1.54, 1.807) is 24.4 Å². The number of nitrogens with zero attached hydrogens (tertiary/aromatic N) is 2. The Morgan fingerprint density at radius 1 is 1.13 bits per heavy atom. The van der Waals surface area contributed by atoms with Crippen LogP contribution in [0.25, 0.3) is 11.0 Å². The van der Waals surface area contributed by atoms with Gasteiger partial charge in [-0.3, -0.25) is 4.79 Å². The highest BCUT2D eigenvalue weighted by molar-refractivity contribution is 6.35. The Hall–Kier alpha value is -3.42. The zero-order chi connectivity index (χ0) is 21.2. The summed E-state index contributed by atoms with van der Waals surface area (Å²) in [6.07, 6.45) is 3.99. The highest BCUT2D eigenvalue weighted by Crippen LogP contribution is 2.31. The molecule has 0 aliphatic carbocycles. The van der Waals surface area contributed by atoms with Crippen LogP contribution in [0.3, 0.4) is 0 Å². The summed E-state index contributed by atoms with van der Waals surface area (Å²) in [6.45, 7) is 1.31. The fraction of sp³-hybridized carbons (Fsp3) is 0.174. The van der Waals surface area contributed by atoms with Crippen LogP contribution in [0, 0.1) is 0 Å². The number of para-hydroxylation sites is 1. The van der Waals surface area contributed by atoms with Crippen molar-refractivity contribution in [3.8, 4) is 11.5 Å². The molecule has 1 aliphatic rings. The molecule has 8 heteroatoms. The van der Waals surface area contributed by atoms with E-state index in [-0.39, 0.29) is 11.8 Å². The summed E-state index contributed by atoms with van der Waals surface area (Å²) < 4.78 is 11.2. The van der Waals surface area contributed by atoms with E-state index in [4.69, 9.17) is 21.1 Å². The predicted octanol–water partition coefficient (Wildman–Crippen LogP) is 4.84. The van der Waals surface area contributed by atoms with Crippen molar-refractivity contribution in [3.63, 3.8) is 0 Å². The number of carbonyl (C=O) groups excluding carboxylic acids is 1. The molecular formula is C23H19ClN4O3. The van der Waals surface area contributed by atoms with Crippen LogP contribution >= 0.6 is 11.6 Å². The number of nitrogens with one attached hydrogen (secondary N) is 2. The van der Waals surface area contributed by atoms with Gasteiger partial charge in [0.15, 0.2) is 5.78 Å². The molecule has 0 amide bonds. The molecule has 5 rings (SSSR count). The van der Waals surface area contributed by atoms with Crippen LogP contribution in [0.2, 0.25) is 5.02 Å². The van der Waals surface area contributed by atoms with Crippen LogP contribution in [-0.2, 0) is 4.74 Å². The predicted molar refractivity (Wildman–Crippen MR) is 118 cm³/mol. The summed E-state index contributed by atoms with van der Waals surface area (Å²) in [5.74, 6) is 1.63. The Labute approximate surface area is 183 Å². The molecule has 1 saturated heterocycles. The van der Waals surface area contributed by atoms with E-state index in [0.29, 0.717) is 57.7 Å². The molecule has 0 radical (unpaired) electrons. The summed E-state index contributed by atoms with van der Waals surface area (Å²) in [6, 6.07) is 14.6. The quantitative estimate of drug-likeness (QED) is 0.422. The van der Waals surface area contributed by atoms with Gasteiger partial charge in [-0.25, -0.2) is 9.97 Å². The molecule has 1 unspecified atom stereocenters. The minimum absolute atomic E-state index is 0.147. The molecule has 1 fully saturated rings. The highest BCUT2D eigenvalue weighted by Gasteiger charge is 2.23. The summed E-state index contributed by atoms with van der Waals surface area (Å²) in [5.41, 5.74) is 1.41. The zero-order valence-corrected chi connectivity index (χ0v) is 17.2. The van der Waals surface area contributed by atoms with Crippen LogP contribution in [0.5, 0.6) is 11.5 Å². The Balaban J connectivity index is 1.46. The molecule has 2 N–H and O–H groups in total. The second-order valence-corrected chi connectivity index (χ2v) is 7.65. The molecule has 0 spiro atoms. The van der Waals surface area contributed by atoms with Crippen molar-refractivity contribution in [3.05, 3.63) is 77.2 Å².